The molecule has 0 fully saturated rings. The Hall–Kier alpha value is -3.86. The number of aromatic nitrogens is 2. The van der Waals surface area contributed by atoms with Crippen molar-refractivity contribution in [1.29, 1.82) is 0 Å². The van der Waals surface area contributed by atoms with Crippen molar-refractivity contribution in [2.45, 2.75) is 13.8 Å². The molecule has 0 saturated heterocycles. The van der Waals surface area contributed by atoms with E-state index in [4.69, 9.17) is 4.99 Å². The molecule has 0 aliphatic carbocycles. The minimum Gasteiger partial charge on any atom is -0.508 e. The van der Waals surface area contributed by atoms with Crippen LogP contribution in [0.3, 0.4) is 0 Å². The van der Waals surface area contributed by atoms with E-state index in [0.29, 0.717) is 17.0 Å². The molecule has 0 amide bonds. The van der Waals surface area contributed by atoms with Gasteiger partial charge in [-0.05, 0) is 37.6 Å². The maximum Gasteiger partial charge on any atom is 0.280 e. The second kappa shape index (κ2) is 7.64. The van der Waals surface area contributed by atoms with Gasteiger partial charge in [-0.15, -0.1) is 0 Å². The number of H-pyrrole nitrogens is 1. The lowest BCUT2D eigenvalue weighted by Gasteiger charge is -2.07. The molecule has 4 aromatic rings. The van der Waals surface area contributed by atoms with Gasteiger partial charge >= 0.3 is 0 Å². The van der Waals surface area contributed by atoms with Gasteiger partial charge < -0.3 is 5.11 Å². The Morgan fingerprint density at radius 1 is 0.931 bits per heavy atom. The minimum absolute atomic E-state index is 0.172. The molecule has 5 heteroatoms. The molecule has 1 aromatic heterocycles. The molecule has 2 N–H and O–H groups in total. The highest BCUT2D eigenvalue weighted by Crippen LogP contribution is 2.25. The number of nitrogens with zero attached hydrogens (tertiary/aromatic N) is 2. The average molecular weight is 383 g/mol. The Bertz CT molecular complexity index is 1240. The van der Waals surface area contributed by atoms with Crippen LogP contribution in [0.2, 0.25) is 0 Å². The van der Waals surface area contributed by atoms with Crippen LogP contribution in [0, 0.1) is 13.8 Å². The molecule has 144 valence electrons. The zero-order valence-corrected chi connectivity index (χ0v) is 16.3. The third kappa shape index (κ3) is 3.62. The molecule has 1 heterocycles. The van der Waals surface area contributed by atoms with Crippen LogP contribution in [-0.2, 0) is 0 Å². The monoisotopic (exact) mass is 383 g/mol. The van der Waals surface area contributed by atoms with E-state index < -0.39 is 0 Å². The van der Waals surface area contributed by atoms with Crippen molar-refractivity contribution < 1.29 is 5.11 Å². The first-order valence-corrected chi connectivity index (χ1v) is 9.36. The Morgan fingerprint density at radius 3 is 2.24 bits per heavy atom. The lowest BCUT2D eigenvalue weighted by atomic mass is 10.0. The molecule has 0 aliphatic heterocycles. The summed E-state index contributed by atoms with van der Waals surface area (Å²) in [5.41, 5.74) is 4.54. The summed E-state index contributed by atoms with van der Waals surface area (Å²) in [6.45, 7) is 3.69. The molecular weight excluding hydrogens is 362 g/mol. The predicted octanol–water partition coefficient (Wildman–Crippen LogP) is 4.66. The SMILES string of the molecule is Cc1ccc(N=C(c2ccccc2)c2c(C)[nH]n(-c3ccccc3)c2=O)cc1O. The predicted molar refractivity (Wildman–Crippen MR) is 116 cm³/mol. The van der Waals surface area contributed by atoms with Crippen LogP contribution in [0.25, 0.3) is 5.69 Å². The van der Waals surface area contributed by atoms with E-state index in [2.05, 4.69) is 5.10 Å². The minimum atomic E-state index is -0.173. The van der Waals surface area contributed by atoms with E-state index in [1.807, 2.05) is 86.6 Å². The normalized spacial score (nSPS) is 11.6. The van der Waals surface area contributed by atoms with Crippen molar-refractivity contribution in [3.63, 3.8) is 0 Å². The molecule has 0 saturated carbocycles. The number of para-hydroxylation sites is 1. The first-order chi connectivity index (χ1) is 14.0. The molecular formula is C24H21N3O2. The summed E-state index contributed by atoms with van der Waals surface area (Å²) in [5.74, 6) is 0.172. The number of aliphatic imine (C=N–C) groups is 1. The van der Waals surface area contributed by atoms with E-state index >= 15 is 0 Å². The number of phenols is 1. The van der Waals surface area contributed by atoms with Gasteiger partial charge in [-0.2, -0.15) is 0 Å². The van der Waals surface area contributed by atoms with Gasteiger partial charge in [0.15, 0.2) is 0 Å². The summed E-state index contributed by atoms with van der Waals surface area (Å²) in [6.07, 6.45) is 0. The van der Waals surface area contributed by atoms with E-state index in [1.54, 1.807) is 6.07 Å². The number of hydrogen-bond acceptors (Lipinski definition) is 3. The highest BCUT2D eigenvalue weighted by molar-refractivity contribution is 6.14. The van der Waals surface area contributed by atoms with Gasteiger partial charge in [-0.1, -0.05) is 54.6 Å². The van der Waals surface area contributed by atoms with Crippen LogP contribution in [0.1, 0.15) is 22.4 Å². The molecule has 5 nitrogen and oxygen atoms in total. The Kier molecular flexibility index (Phi) is 4.87. The first kappa shape index (κ1) is 18.5. The van der Waals surface area contributed by atoms with E-state index in [1.165, 1.54) is 4.68 Å². The fraction of sp³-hybridized carbons (Fsp3) is 0.0833. The number of benzene rings is 3. The number of aromatic amines is 1. The highest BCUT2D eigenvalue weighted by Gasteiger charge is 2.19. The first-order valence-electron chi connectivity index (χ1n) is 9.36. The van der Waals surface area contributed by atoms with Gasteiger partial charge in [0, 0.05) is 17.3 Å². The Labute approximate surface area is 168 Å². The van der Waals surface area contributed by atoms with Crippen molar-refractivity contribution in [2.24, 2.45) is 4.99 Å². The third-order valence-corrected chi connectivity index (χ3v) is 4.80. The number of hydrogen-bond donors (Lipinski definition) is 2. The summed E-state index contributed by atoms with van der Waals surface area (Å²) in [6, 6.07) is 24.3. The number of aryl methyl sites for hydroxylation is 2. The van der Waals surface area contributed by atoms with Gasteiger partial charge in [0.1, 0.15) is 5.75 Å². The largest absolute Gasteiger partial charge is 0.508 e. The number of phenolic OH excluding ortho intramolecular Hbond substituents is 1. The van der Waals surface area contributed by atoms with Crippen LogP contribution in [0.15, 0.2) is 88.6 Å². The van der Waals surface area contributed by atoms with Gasteiger partial charge in [0.25, 0.3) is 5.56 Å². The van der Waals surface area contributed by atoms with Gasteiger partial charge in [-0.3, -0.25) is 9.89 Å². The number of aromatic hydroxyl groups is 1. The van der Waals surface area contributed by atoms with Crippen molar-refractivity contribution >= 4 is 11.4 Å². The maximum atomic E-state index is 13.3. The molecule has 0 bridgehead atoms. The standard InChI is InChI=1S/C24H21N3O2/c1-16-13-14-19(15-21(16)28)25-23(18-9-5-3-6-10-18)22-17(2)26-27(24(22)29)20-11-7-4-8-12-20/h3-15,26,28H,1-2H3. The van der Waals surface area contributed by atoms with Gasteiger partial charge in [0.05, 0.1) is 22.6 Å². The zero-order chi connectivity index (χ0) is 20.4. The fourth-order valence-electron chi connectivity index (χ4n) is 3.24. The molecule has 0 radical (unpaired) electrons. The van der Waals surface area contributed by atoms with Crippen LogP contribution in [0.4, 0.5) is 5.69 Å². The molecule has 0 atom stereocenters. The van der Waals surface area contributed by atoms with E-state index in [0.717, 1.165) is 22.5 Å². The summed E-state index contributed by atoms with van der Waals surface area (Å²) in [7, 11) is 0. The van der Waals surface area contributed by atoms with Gasteiger partial charge in [0.2, 0.25) is 0 Å². The smallest absolute Gasteiger partial charge is 0.280 e. The van der Waals surface area contributed by atoms with Crippen LogP contribution < -0.4 is 5.56 Å². The highest BCUT2D eigenvalue weighted by atomic mass is 16.3. The summed E-state index contributed by atoms with van der Waals surface area (Å²) >= 11 is 0. The molecule has 0 unspecified atom stereocenters. The molecule has 0 spiro atoms. The van der Waals surface area contributed by atoms with Crippen LogP contribution in [-0.4, -0.2) is 20.6 Å². The second-order valence-electron chi connectivity index (χ2n) is 6.89. The Morgan fingerprint density at radius 2 is 1.59 bits per heavy atom. The van der Waals surface area contributed by atoms with Crippen LogP contribution >= 0.6 is 0 Å². The van der Waals surface area contributed by atoms with E-state index in [9.17, 15) is 9.90 Å². The lowest BCUT2D eigenvalue weighted by molar-refractivity contribution is 0.471. The maximum absolute atomic E-state index is 13.3. The van der Waals surface area contributed by atoms with Crippen molar-refractivity contribution in [2.75, 3.05) is 0 Å². The quantitative estimate of drug-likeness (QED) is 0.503. The third-order valence-electron chi connectivity index (χ3n) is 4.80. The fourth-order valence-corrected chi connectivity index (χ4v) is 3.24. The van der Waals surface area contributed by atoms with Gasteiger partial charge in [-0.25, -0.2) is 9.67 Å². The lowest BCUT2D eigenvalue weighted by Crippen LogP contribution is -2.21. The summed E-state index contributed by atoms with van der Waals surface area (Å²) in [4.78, 5) is 18.1. The second-order valence-corrected chi connectivity index (χ2v) is 6.89. The molecule has 29 heavy (non-hydrogen) atoms. The molecule has 3 aromatic carbocycles. The zero-order valence-electron chi connectivity index (χ0n) is 16.3. The number of nitrogens with one attached hydrogen (secondary N) is 1. The van der Waals surface area contributed by atoms with E-state index in [-0.39, 0.29) is 11.3 Å². The summed E-state index contributed by atoms with van der Waals surface area (Å²) in [5, 5.41) is 13.2. The molecule has 4 rings (SSSR count). The average Bonchev–Trinajstić information content (AvgIpc) is 3.04. The molecule has 0 aliphatic rings. The number of rotatable bonds is 4. The topological polar surface area (TPSA) is 70.4 Å². The summed E-state index contributed by atoms with van der Waals surface area (Å²) < 4.78 is 1.52. The van der Waals surface area contributed by atoms with Crippen molar-refractivity contribution in [3.8, 4) is 11.4 Å². The van der Waals surface area contributed by atoms with Crippen LogP contribution in [0.5, 0.6) is 5.75 Å². The van der Waals surface area contributed by atoms with Crippen molar-refractivity contribution in [1.82, 2.24) is 9.78 Å². The van der Waals surface area contributed by atoms with Crippen molar-refractivity contribution in [3.05, 3.63) is 112 Å². The Balaban J connectivity index is 1.94.